The van der Waals surface area contributed by atoms with Crippen LogP contribution in [-0.4, -0.2) is 4.57 Å². The third-order valence-corrected chi connectivity index (χ3v) is 10.6. The summed E-state index contributed by atoms with van der Waals surface area (Å²) in [5.41, 5.74) is 13.1. The van der Waals surface area contributed by atoms with Gasteiger partial charge in [-0.1, -0.05) is 152 Å². The second-order valence-electron chi connectivity index (χ2n) is 13.6. The number of nitriles is 1. The van der Waals surface area contributed by atoms with E-state index in [1.807, 2.05) is 12.1 Å². The molecule has 0 amide bonds. The predicted octanol–water partition coefficient (Wildman–Crippen LogP) is 13.6. The first-order valence-corrected chi connectivity index (χ1v) is 18.0. The molecule has 0 aliphatic rings. The van der Waals surface area contributed by atoms with Crippen LogP contribution in [0.3, 0.4) is 0 Å². The predicted molar refractivity (Wildman–Crippen MR) is 222 cm³/mol. The van der Waals surface area contributed by atoms with Gasteiger partial charge in [0.1, 0.15) is 0 Å². The lowest BCUT2D eigenvalue weighted by Crippen LogP contribution is -1.94. The molecule has 0 atom stereocenters. The van der Waals surface area contributed by atoms with Crippen LogP contribution in [0.1, 0.15) is 5.56 Å². The number of nitrogens with zero attached hydrogens (tertiary/aromatic N) is 2. The zero-order chi connectivity index (χ0) is 35.3. The molecule has 10 rings (SSSR count). The lowest BCUT2D eigenvalue weighted by atomic mass is 9.84. The largest absolute Gasteiger partial charge is 0.309 e. The average Bonchev–Trinajstić information content (AvgIpc) is 3.57. The highest BCUT2D eigenvalue weighted by Crippen LogP contribution is 2.45. The van der Waals surface area contributed by atoms with E-state index in [0.29, 0.717) is 5.56 Å². The van der Waals surface area contributed by atoms with Gasteiger partial charge in [0.2, 0.25) is 0 Å². The van der Waals surface area contributed by atoms with Crippen LogP contribution in [0.4, 0.5) is 0 Å². The SMILES string of the molecule is N#Cc1cc(-c2ccccc2-c2ccc(-n3c4ccccc4c4ccccc43)cc2)cc(-c2c3ccccc3c(-c3ccccc3)c3ccccc23)c1. The average molecular weight is 673 g/mol. The minimum Gasteiger partial charge on any atom is -0.309 e. The highest BCUT2D eigenvalue weighted by Gasteiger charge is 2.19. The van der Waals surface area contributed by atoms with Gasteiger partial charge in [0.15, 0.2) is 0 Å². The minimum atomic E-state index is 0.634. The molecule has 0 saturated carbocycles. The highest BCUT2D eigenvalue weighted by molar-refractivity contribution is 6.21. The summed E-state index contributed by atoms with van der Waals surface area (Å²) in [6.45, 7) is 0. The van der Waals surface area contributed by atoms with E-state index in [1.165, 1.54) is 54.5 Å². The molecule has 0 aliphatic heterocycles. The summed E-state index contributed by atoms with van der Waals surface area (Å²) in [5.74, 6) is 0. The van der Waals surface area contributed by atoms with Crippen molar-refractivity contribution in [3.8, 4) is 56.3 Å². The van der Waals surface area contributed by atoms with E-state index >= 15 is 0 Å². The Hall–Kier alpha value is -7.21. The minimum absolute atomic E-state index is 0.634. The molecule has 9 aromatic carbocycles. The van der Waals surface area contributed by atoms with E-state index in [1.54, 1.807) is 0 Å². The number of hydrogen-bond acceptors (Lipinski definition) is 1. The van der Waals surface area contributed by atoms with Gasteiger partial charge in [-0.05, 0) is 109 Å². The molecule has 10 aromatic rings. The molecular formula is C51H32N2. The standard InChI is InChI=1S/C51H32N2/c52-33-34-30-37(32-38(31-34)51-46-22-8-6-20-44(46)50(36-14-2-1-3-15-36)45-21-7-9-23-47(45)51)41-17-5-4-16-40(41)35-26-28-39(29-27-35)53-48-24-12-10-18-42(48)43-19-11-13-25-49(43)53/h1-32H. The van der Waals surface area contributed by atoms with Crippen LogP contribution in [0.5, 0.6) is 0 Å². The molecule has 0 bridgehead atoms. The summed E-state index contributed by atoms with van der Waals surface area (Å²) in [4.78, 5) is 0. The summed E-state index contributed by atoms with van der Waals surface area (Å²) in [6.07, 6.45) is 0. The van der Waals surface area contributed by atoms with E-state index in [2.05, 4.69) is 193 Å². The van der Waals surface area contributed by atoms with Gasteiger partial charge in [-0.15, -0.1) is 0 Å². The van der Waals surface area contributed by atoms with E-state index in [-0.39, 0.29) is 0 Å². The van der Waals surface area contributed by atoms with Crippen molar-refractivity contribution in [3.63, 3.8) is 0 Å². The molecular weight excluding hydrogens is 641 g/mol. The van der Waals surface area contributed by atoms with Crippen LogP contribution < -0.4 is 0 Å². The van der Waals surface area contributed by atoms with Crippen LogP contribution in [0.25, 0.3) is 93.5 Å². The lowest BCUT2D eigenvalue weighted by Gasteiger charge is -2.19. The number of aromatic nitrogens is 1. The Balaban J connectivity index is 1.14. The van der Waals surface area contributed by atoms with E-state index < -0.39 is 0 Å². The van der Waals surface area contributed by atoms with Crippen molar-refractivity contribution in [2.45, 2.75) is 0 Å². The van der Waals surface area contributed by atoms with Crippen molar-refractivity contribution in [2.24, 2.45) is 0 Å². The molecule has 2 heteroatoms. The Bertz CT molecular complexity index is 2940. The van der Waals surface area contributed by atoms with Crippen molar-refractivity contribution in [1.29, 1.82) is 5.26 Å². The number of rotatable bonds is 5. The molecule has 1 aromatic heterocycles. The van der Waals surface area contributed by atoms with Gasteiger partial charge in [-0.2, -0.15) is 5.26 Å². The zero-order valence-corrected chi connectivity index (χ0v) is 28.9. The van der Waals surface area contributed by atoms with Crippen LogP contribution in [0.2, 0.25) is 0 Å². The first-order chi connectivity index (χ1) is 26.3. The second-order valence-corrected chi connectivity index (χ2v) is 13.6. The number of fused-ring (bicyclic) bond motifs is 5. The molecule has 2 nitrogen and oxygen atoms in total. The van der Waals surface area contributed by atoms with Crippen molar-refractivity contribution in [1.82, 2.24) is 4.57 Å². The molecule has 246 valence electrons. The van der Waals surface area contributed by atoms with Gasteiger partial charge in [-0.25, -0.2) is 0 Å². The molecule has 0 radical (unpaired) electrons. The normalized spacial score (nSPS) is 11.4. The Morgan fingerprint density at radius 3 is 1.32 bits per heavy atom. The third kappa shape index (κ3) is 5.02. The van der Waals surface area contributed by atoms with E-state index in [0.717, 1.165) is 39.1 Å². The van der Waals surface area contributed by atoms with E-state index in [4.69, 9.17) is 0 Å². The fourth-order valence-electron chi connectivity index (χ4n) is 8.32. The number of hydrogen-bond donors (Lipinski definition) is 0. The monoisotopic (exact) mass is 672 g/mol. The maximum absolute atomic E-state index is 10.4. The molecule has 0 N–H and O–H groups in total. The van der Waals surface area contributed by atoms with Crippen LogP contribution >= 0.6 is 0 Å². The molecule has 0 saturated heterocycles. The number of para-hydroxylation sites is 2. The van der Waals surface area contributed by atoms with Gasteiger partial charge in [0, 0.05) is 16.5 Å². The Kier molecular flexibility index (Phi) is 7.23. The van der Waals surface area contributed by atoms with Crippen molar-refractivity contribution in [2.75, 3.05) is 0 Å². The van der Waals surface area contributed by atoms with Gasteiger partial charge in [-0.3, -0.25) is 0 Å². The van der Waals surface area contributed by atoms with Gasteiger partial charge >= 0.3 is 0 Å². The molecule has 0 spiro atoms. The Morgan fingerprint density at radius 2 is 0.774 bits per heavy atom. The van der Waals surface area contributed by atoms with Crippen molar-refractivity contribution in [3.05, 3.63) is 200 Å². The van der Waals surface area contributed by atoms with Crippen LogP contribution in [0, 0.1) is 11.3 Å². The fraction of sp³-hybridized carbons (Fsp3) is 0. The molecule has 1 heterocycles. The van der Waals surface area contributed by atoms with Crippen molar-refractivity contribution >= 4 is 43.4 Å². The molecule has 0 unspecified atom stereocenters. The summed E-state index contributed by atoms with van der Waals surface area (Å²) in [7, 11) is 0. The third-order valence-electron chi connectivity index (χ3n) is 10.6. The topological polar surface area (TPSA) is 28.7 Å². The first-order valence-electron chi connectivity index (χ1n) is 18.0. The Morgan fingerprint density at radius 1 is 0.340 bits per heavy atom. The highest BCUT2D eigenvalue weighted by atomic mass is 15.0. The van der Waals surface area contributed by atoms with Gasteiger partial charge in [0.25, 0.3) is 0 Å². The quantitative estimate of drug-likeness (QED) is 0.167. The van der Waals surface area contributed by atoms with Crippen molar-refractivity contribution < 1.29 is 0 Å². The van der Waals surface area contributed by atoms with Gasteiger partial charge in [0.05, 0.1) is 22.7 Å². The summed E-state index contributed by atoms with van der Waals surface area (Å²) in [5, 5.41) is 17.6. The molecule has 53 heavy (non-hydrogen) atoms. The zero-order valence-electron chi connectivity index (χ0n) is 28.9. The summed E-state index contributed by atoms with van der Waals surface area (Å²) >= 11 is 0. The second kappa shape index (κ2) is 12.5. The molecule has 0 fully saturated rings. The summed E-state index contributed by atoms with van der Waals surface area (Å²) in [6, 6.07) is 71.4. The molecule has 0 aliphatic carbocycles. The van der Waals surface area contributed by atoms with Crippen LogP contribution in [-0.2, 0) is 0 Å². The van der Waals surface area contributed by atoms with Crippen LogP contribution in [0.15, 0.2) is 194 Å². The summed E-state index contributed by atoms with van der Waals surface area (Å²) < 4.78 is 2.35. The lowest BCUT2D eigenvalue weighted by molar-refractivity contribution is 1.18. The van der Waals surface area contributed by atoms with E-state index in [9.17, 15) is 5.26 Å². The fourth-order valence-corrected chi connectivity index (χ4v) is 8.32. The Labute approximate surface area is 308 Å². The maximum atomic E-state index is 10.4. The number of benzene rings is 9. The maximum Gasteiger partial charge on any atom is 0.0992 e. The first kappa shape index (κ1) is 30.6. The smallest absolute Gasteiger partial charge is 0.0992 e. The van der Waals surface area contributed by atoms with Gasteiger partial charge < -0.3 is 4.57 Å².